The molecule has 1 aromatic carbocycles. The monoisotopic (exact) mass is 247 g/mol. The van der Waals surface area contributed by atoms with E-state index in [-0.39, 0.29) is 6.04 Å². The molecule has 0 spiro atoms. The quantitative estimate of drug-likeness (QED) is 0.863. The number of para-hydroxylation sites is 2. The third-order valence-electron chi connectivity index (χ3n) is 2.71. The highest BCUT2D eigenvalue weighted by molar-refractivity contribution is 5.46. The predicted molar refractivity (Wildman–Crippen MR) is 67.8 cm³/mol. The lowest BCUT2D eigenvalue weighted by Crippen LogP contribution is -2.18. The van der Waals surface area contributed by atoms with Gasteiger partial charge in [0, 0.05) is 0 Å². The molecular formula is C12H17N5O. The van der Waals surface area contributed by atoms with Gasteiger partial charge in [-0.15, -0.1) is 5.10 Å². The molecule has 0 amide bonds. The summed E-state index contributed by atoms with van der Waals surface area (Å²) in [7, 11) is 1.87. The number of hydrogen-bond donors (Lipinski definition) is 1. The Morgan fingerprint density at radius 3 is 2.89 bits per heavy atom. The molecule has 1 atom stereocenters. The summed E-state index contributed by atoms with van der Waals surface area (Å²) in [6.07, 6.45) is 0. The van der Waals surface area contributed by atoms with Gasteiger partial charge in [0.25, 0.3) is 0 Å². The summed E-state index contributed by atoms with van der Waals surface area (Å²) in [6.45, 7) is 4.56. The zero-order chi connectivity index (χ0) is 13.0. The first-order chi connectivity index (χ1) is 8.77. The largest absolute Gasteiger partial charge is 0.492 e. The van der Waals surface area contributed by atoms with Crippen molar-refractivity contribution in [3.63, 3.8) is 0 Å². The van der Waals surface area contributed by atoms with E-state index < -0.39 is 0 Å². The maximum absolute atomic E-state index is 5.59. The Kier molecular flexibility index (Phi) is 3.88. The average Bonchev–Trinajstić information content (AvgIpc) is 2.88. The zero-order valence-corrected chi connectivity index (χ0v) is 10.8. The van der Waals surface area contributed by atoms with Crippen LogP contribution in [0.1, 0.15) is 25.7 Å². The third kappa shape index (κ3) is 2.33. The van der Waals surface area contributed by atoms with Gasteiger partial charge in [-0.25, -0.2) is 0 Å². The highest BCUT2D eigenvalue weighted by atomic mass is 16.5. The third-order valence-corrected chi connectivity index (χ3v) is 2.71. The van der Waals surface area contributed by atoms with Crippen molar-refractivity contribution in [2.45, 2.75) is 19.9 Å². The van der Waals surface area contributed by atoms with Gasteiger partial charge in [0.2, 0.25) is 0 Å². The molecule has 2 rings (SSSR count). The molecule has 6 heteroatoms. The smallest absolute Gasteiger partial charge is 0.173 e. The fourth-order valence-corrected chi connectivity index (χ4v) is 1.67. The summed E-state index contributed by atoms with van der Waals surface area (Å²) >= 11 is 0. The van der Waals surface area contributed by atoms with Gasteiger partial charge in [0.05, 0.1) is 12.6 Å². The molecule has 1 unspecified atom stereocenters. The Hall–Kier alpha value is -1.95. The van der Waals surface area contributed by atoms with E-state index in [0.29, 0.717) is 6.61 Å². The lowest BCUT2D eigenvalue weighted by Gasteiger charge is -2.13. The number of nitrogens with one attached hydrogen (secondary N) is 1. The molecule has 0 aliphatic heterocycles. The minimum atomic E-state index is 0.0645. The van der Waals surface area contributed by atoms with Crippen LogP contribution in [-0.4, -0.2) is 33.9 Å². The summed E-state index contributed by atoms with van der Waals surface area (Å²) in [5.74, 6) is 1.53. The lowest BCUT2D eigenvalue weighted by molar-refractivity contribution is 0.337. The average molecular weight is 247 g/mol. The van der Waals surface area contributed by atoms with Gasteiger partial charge in [-0.1, -0.05) is 12.1 Å². The molecule has 96 valence electrons. The molecule has 18 heavy (non-hydrogen) atoms. The van der Waals surface area contributed by atoms with Crippen LogP contribution in [0.25, 0.3) is 5.69 Å². The van der Waals surface area contributed by atoms with E-state index in [1.165, 1.54) is 0 Å². The van der Waals surface area contributed by atoms with Crippen molar-refractivity contribution >= 4 is 0 Å². The molecule has 0 saturated heterocycles. The van der Waals surface area contributed by atoms with Gasteiger partial charge in [-0.2, -0.15) is 4.68 Å². The first kappa shape index (κ1) is 12.5. The van der Waals surface area contributed by atoms with Crippen LogP contribution in [-0.2, 0) is 0 Å². The number of tetrazole rings is 1. The molecule has 0 saturated carbocycles. The fraction of sp³-hybridized carbons (Fsp3) is 0.417. The number of aromatic nitrogens is 4. The minimum absolute atomic E-state index is 0.0645. The molecule has 1 aromatic heterocycles. The Balaban J connectivity index is 2.45. The molecule has 0 fully saturated rings. The van der Waals surface area contributed by atoms with E-state index in [9.17, 15) is 0 Å². The molecule has 0 radical (unpaired) electrons. The first-order valence-corrected chi connectivity index (χ1v) is 5.95. The van der Waals surface area contributed by atoms with Gasteiger partial charge in [0.15, 0.2) is 5.82 Å². The van der Waals surface area contributed by atoms with Crippen LogP contribution < -0.4 is 10.1 Å². The number of benzene rings is 1. The molecule has 0 aliphatic carbocycles. The maximum atomic E-state index is 5.59. The van der Waals surface area contributed by atoms with Crippen LogP contribution in [0.3, 0.4) is 0 Å². The second-order valence-electron chi connectivity index (χ2n) is 3.86. The molecule has 0 aliphatic rings. The van der Waals surface area contributed by atoms with Crippen molar-refractivity contribution in [2.75, 3.05) is 13.7 Å². The predicted octanol–water partition coefficient (Wildman–Crippen LogP) is 1.34. The molecule has 2 aromatic rings. The van der Waals surface area contributed by atoms with E-state index in [1.54, 1.807) is 4.68 Å². The van der Waals surface area contributed by atoms with Gasteiger partial charge in [0.1, 0.15) is 11.4 Å². The fourth-order valence-electron chi connectivity index (χ4n) is 1.67. The van der Waals surface area contributed by atoms with Crippen molar-refractivity contribution in [3.8, 4) is 11.4 Å². The summed E-state index contributed by atoms with van der Waals surface area (Å²) in [4.78, 5) is 0. The zero-order valence-electron chi connectivity index (χ0n) is 10.8. The topological polar surface area (TPSA) is 64.9 Å². The molecular weight excluding hydrogens is 230 g/mol. The first-order valence-electron chi connectivity index (χ1n) is 5.95. The summed E-state index contributed by atoms with van der Waals surface area (Å²) in [5.41, 5.74) is 0.849. The van der Waals surface area contributed by atoms with Crippen LogP contribution in [0.15, 0.2) is 24.3 Å². The Bertz CT molecular complexity index is 511. The van der Waals surface area contributed by atoms with Gasteiger partial charge < -0.3 is 10.1 Å². The van der Waals surface area contributed by atoms with E-state index in [4.69, 9.17) is 4.74 Å². The van der Waals surface area contributed by atoms with Crippen molar-refractivity contribution in [2.24, 2.45) is 0 Å². The van der Waals surface area contributed by atoms with E-state index in [1.807, 2.05) is 45.2 Å². The number of ether oxygens (including phenoxy) is 1. The highest BCUT2D eigenvalue weighted by Crippen LogP contribution is 2.23. The Labute approximate surface area is 106 Å². The maximum Gasteiger partial charge on any atom is 0.173 e. The number of hydrogen-bond acceptors (Lipinski definition) is 5. The minimum Gasteiger partial charge on any atom is -0.492 e. The Morgan fingerprint density at radius 1 is 1.39 bits per heavy atom. The van der Waals surface area contributed by atoms with Gasteiger partial charge >= 0.3 is 0 Å². The van der Waals surface area contributed by atoms with Crippen LogP contribution in [0, 0.1) is 0 Å². The normalized spacial score (nSPS) is 12.4. The molecule has 6 nitrogen and oxygen atoms in total. The van der Waals surface area contributed by atoms with Crippen LogP contribution in [0.5, 0.6) is 5.75 Å². The van der Waals surface area contributed by atoms with E-state index in [2.05, 4.69) is 20.8 Å². The second-order valence-corrected chi connectivity index (χ2v) is 3.86. The summed E-state index contributed by atoms with van der Waals surface area (Å²) in [6, 6.07) is 7.78. The molecule has 1 heterocycles. The summed E-state index contributed by atoms with van der Waals surface area (Å²) in [5, 5.41) is 14.9. The Morgan fingerprint density at radius 2 is 2.17 bits per heavy atom. The van der Waals surface area contributed by atoms with E-state index >= 15 is 0 Å². The van der Waals surface area contributed by atoms with Crippen LogP contribution in [0.4, 0.5) is 0 Å². The highest BCUT2D eigenvalue weighted by Gasteiger charge is 2.16. The van der Waals surface area contributed by atoms with Gasteiger partial charge in [-0.3, -0.25) is 0 Å². The lowest BCUT2D eigenvalue weighted by atomic mass is 10.2. The van der Waals surface area contributed by atoms with E-state index in [0.717, 1.165) is 17.3 Å². The number of rotatable bonds is 5. The standard InChI is InChI=1S/C12H17N5O/c1-4-18-11-8-6-5-7-10(11)17-12(9(2)13-3)14-15-16-17/h5-9,13H,4H2,1-3H3. The number of nitrogens with zero attached hydrogens (tertiary/aromatic N) is 4. The van der Waals surface area contributed by atoms with Crippen LogP contribution >= 0.6 is 0 Å². The second kappa shape index (κ2) is 5.59. The SMILES string of the molecule is CCOc1ccccc1-n1nnnc1C(C)NC. The molecule has 0 bridgehead atoms. The van der Waals surface area contributed by atoms with Crippen LogP contribution in [0.2, 0.25) is 0 Å². The molecule has 1 N–H and O–H groups in total. The van der Waals surface area contributed by atoms with Crippen molar-refractivity contribution in [3.05, 3.63) is 30.1 Å². The van der Waals surface area contributed by atoms with Gasteiger partial charge in [-0.05, 0) is 43.5 Å². The van der Waals surface area contributed by atoms with Crippen molar-refractivity contribution in [1.29, 1.82) is 0 Å². The summed E-state index contributed by atoms with van der Waals surface area (Å²) < 4.78 is 7.29. The van der Waals surface area contributed by atoms with Crippen molar-refractivity contribution in [1.82, 2.24) is 25.5 Å². The van der Waals surface area contributed by atoms with Crippen molar-refractivity contribution < 1.29 is 4.74 Å².